The van der Waals surface area contributed by atoms with Gasteiger partial charge in [-0.05, 0) is 59.6 Å². The molecule has 0 spiro atoms. The van der Waals surface area contributed by atoms with Gasteiger partial charge in [-0.2, -0.15) is 0 Å². The maximum atomic E-state index is 13.0. The zero-order valence-corrected chi connectivity index (χ0v) is 17.9. The number of ether oxygens (including phenoxy) is 2. The fourth-order valence-corrected chi connectivity index (χ4v) is 4.89. The molecule has 1 aromatic carbocycles. The Bertz CT molecular complexity index is 810. The van der Waals surface area contributed by atoms with Crippen LogP contribution in [0.5, 0.6) is 0 Å². The van der Waals surface area contributed by atoms with Crippen molar-refractivity contribution in [2.45, 2.75) is 69.2 Å². The number of carbonyl (C=O) groups is 2. The van der Waals surface area contributed by atoms with Gasteiger partial charge in [-0.25, -0.2) is 18.0 Å². The van der Waals surface area contributed by atoms with E-state index in [-0.39, 0.29) is 30.9 Å². The monoisotopic (exact) mass is 411 g/mol. The van der Waals surface area contributed by atoms with Crippen LogP contribution < -0.4 is 0 Å². The fraction of sp³-hybridized carbons (Fsp3) is 0.600. The van der Waals surface area contributed by atoms with Gasteiger partial charge < -0.3 is 9.47 Å². The first-order chi connectivity index (χ1) is 13.0. The van der Waals surface area contributed by atoms with Crippen molar-refractivity contribution in [1.29, 1.82) is 0 Å². The standard InChI is InChI=1S/C20H29NO6S/c1-6-26-18(22)17-13-16(11-12-21(17)19(23)27-20(3,4)5)28(24,25)15-9-7-14(2)8-10-15/h7-10,16-17H,6,11-13H2,1-5H3/t16-,17-/m1/s1. The highest BCUT2D eigenvalue weighted by Crippen LogP contribution is 2.29. The minimum atomic E-state index is -3.63. The van der Waals surface area contributed by atoms with E-state index in [0.29, 0.717) is 0 Å². The summed E-state index contributed by atoms with van der Waals surface area (Å²) in [7, 11) is -3.63. The van der Waals surface area contributed by atoms with E-state index in [1.54, 1.807) is 52.0 Å². The summed E-state index contributed by atoms with van der Waals surface area (Å²) in [5.74, 6) is -0.614. The van der Waals surface area contributed by atoms with E-state index >= 15 is 0 Å². The van der Waals surface area contributed by atoms with Crippen molar-refractivity contribution in [2.75, 3.05) is 13.2 Å². The summed E-state index contributed by atoms with van der Waals surface area (Å²) in [5, 5.41) is -0.775. The van der Waals surface area contributed by atoms with Crippen molar-refractivity contribution in [3.05, 3.63) is 29.8 Å². The van der Waals surface area contributed by atoms with Gasteiger partial charge in [0, 0.05) is 6.54 Å². The number of carbonyl (C=O) groups excluding carboxylic acids is 2. The topological polar surface area (TPSA) is 90.0 Å². The largest absolute Gasteiger partial charge is 0.464 e. The molecule has 28 heavy (non-hydrogen) atoms. The van der Waals surface area contributed by atoms with Crippen LogP contribution in [0.2, 0.25) is 0 Å². The van der Waals surface area contributed by atoms with Crippen molar-refractivity contribution >= 4 is 21.9 Å². The van der Waals surface area contributed by atoms with Crippen molar-refractivity contribution in [1.82, 2.24) is 4.90 Å². The van der Waals surface area contributed by atoms with Gasteiger partial charge in [-0.3, -0.25) is 4.90 Å². The lowest BCUT2D eigenvalue weighted by Gasteiger charge is -2.38. The Morgan fingerprint density at radius 2 is 1.79 bits per heavy atom. The van der Waals surface area contributed by atoms with E-state index in [1.165, 1.54) is 4.90 Å². The first kappa shape index (κ1) is 22.2. The van der Waals surface area contributed by atoms with E-state index in [4.69, 9.17) is 9.47 Å². The molecular formula is C20H29NO6S. The molecule has 1 fully saturated rings. The van der Waals surface area contributed by atoms with Gasteiger partial charge in [-0.1, -0.05) is 17.7 Å². The van der Waals surface area contributed by atoms with Crippen molar-refractivity contribution < 1.29 is 27.5 Å². The Hall–Kier alpha value is -2.09. The molecule has 156 valence electrons. The summed E-state index contributed by atoms with van der Waals surface area (Å²) >= 11 is 0. The number of benzene rings is 1. The molecule has 2 atom stereocenters. The Balaban J connectivity index is 2.27. The van der Waals surface area contributed by atoms with Crippen LogP contribution in [0.4, 0.5) is 4.79 Å². The lowest BCUT2D eigenvalue weighted by molar-refractivity contribution is -0.150. The molecule has 8 heteroatoms. The predicted molar refractivity (Wildman–Crippen MR) is 105 cm³/mol. The zero-order chi connectivity index (χ0) is 21.1. The second-order valence-electron chi connectivity index (χ2n) is 7.95. The third kappa shape index (κ3) is 5.25. The van der Waals surface area contributed by atoms with Gasteiger partial charge in [0.15, 0.2) is 9.84 Å². The summed E-state index contributed by atoms with van der Waals surface area (Å²) in [5.41, 5.74) is 0.240. The van der Waals surface area contributed by atoms with Gasteiger partial charge in [0.2, 0.25) is 0 Å². The van der Waals surface area contributed by atoms with Gasteiger partial charge in [0.05, 0.1) is 16.8 Å². The van der Waals surface area contributed by atoms with Gasteiger partial charge in [0.25, 0.3) is 0 Å². The van der Waals surface area contributed by atoms with Crippen molar-refractivity contribution in [3.8, 4) is 0 Å². The lowest BCUT2D eigenvalue weighted by atomic mass is 10.0. The highest BCUT2D eigenvalue weighted by Gasteiger charge is 2.43. The molecule has 0 radical (unpaired) electrons. The second kappa shape index (κ2) is 8.51. The van der Waals surface area contributed by atoms with Crippen LogP contribution >= 0.6 is 0 Å². The van der Waals surface area contributed by atoms with E-state index < -0.39 is 38.8 Å². The van der Waals surface area contributed by atoms with E-state index in [0.717, 1.165) is 5.56 Å². The summed E-state index contributed by atoms with van der Waals surface area (Å²) in [4.78, 5) is 26.5. The first-order valence-electron chi connectivity index (χ1n) is 9.42. The van der Waals surface area contributed by atoms with E-state index in [1.807, 2.05) is 6.92 Å². The number of piperidine rings is 1. The molecule has 0 N–H and O–H groups in total. The first-order valence-corrected chi connectivity index (χ1v) is 11.0. The quantitative estimate of drug-likeness (QED) is 0.707. The number of likely N-dealkylation sites (tertiary alicyclic amines) is 1. The lowest BCUT2D eigenvalue weighted by Crippen LogP contribution is -2.54. The molecular weight excluding hydrogens is 382 g/mol. The van der Waals surface area contributed by atoms with E-state index in [9.17, 15) is 18.0 Å². The average Bonchev–Trinajstić information content (AvgIpc) is 2.60. The molecule has 1 heterocycles. The molecule has 1 saturated heterocycles. The number of hydrogen-bond acceptors (Lipinski definition) is 6. The SMILES string of the molecule is CCOC(=O)[C@H]1C[C@H](S(=O)(=O)c2ccc(C)cc2)CCN1C(=O)OC(C)(C)C. The number of aryl methyl sites for hydroxylation is 1. The third-order valence-electron chi connectivity index (χ3n) is 4.53. The van der Waals surface area contributed by atoms with Crippen LogP contribution in [0.1, 0.15) is 46.1 Å². The molecule has 0 bridgehead atoms. The number of hydrogen-bond donors (Lipinski definition) is 0. The number of sulfone groups is 1. The molecule has 7 nitrogen and oxygen atoms in total. The van der Waals surface area contributed by atoms with Crippen LogP contribution in [0, 0.1) is 6.92 Å². The molecule has 1 aliphatic rings. The second-order valence-corrected chi connectivity index (χ2v) is 10.2. The highest BCUT2D eigenvalue weighted by atomic mass is 32.2. The van der Waals surface area contributed by atoms with Crippen molar-refractivity contribution in [3.63, 3.8) is 0 Å². The maximum Gasteiger partial charge on any atom is 0.411 e. The molecule has 1 aliphatic heterocycles. The van der Waals surface area contributed by atoms with Gasteiger partial charge in [-0.15, -0.1) is 0 Å². The Labute approximate surface area is 166 Å². The average molecular weight is 412 g/mol. The summed E-state index contributed by atoms with van der Waals surface area (Å²) in [6.07, 6.45) is -0.434. The number of nitrogens with zero attached hydrogens (tertiary/aromatic N) is 1. The molecule has 1 amide bonds. The number of amides is 1. The molecule has 0 aromatic heterocycles. The molecule has 0 aliphatic carbocycles. The normalized spacial score (nSPS) is 20.5. The summed E-state index contributed by atoms with van der Waals surface area (Å²) < 4.78 is 36.6. The van der Waals surface area contributed by atoms with Crippen LogP contribution in [0.15, 0.2) is 29.2 Å². The van der Waals surface area contributed by atoms with Crippen LogP contribution in [-0.2, 0) is 24.1 Å². The van der Waals surface area contributed by atoms with E-state index in [2.05, 4.69) is 0 Å². The van der Waals surface area contributed by atoms with Crippen LogP contribution in [0.25, 0.3) is 0 Å². The number of rotatable bonds is 4. The van der Waals surface area contributed by atoms with Gasteiger partial charge >= 0.3 is 12.1 Å². The van der Waals surface area contributed by atoms with Crippen LogP contribution in [-0.4, -0.2) is 55.4 Å². The van der Waals surface area contributed by atoms with Crippen molar-refractivity contribution in [2.24, 2.45) is 0 Å². The third-order valence-corrected chi connectivity index (χ3v) is 6.76. The smallest absolute Gasteiger partial charge is 0.411 e. The molecule has 0 unspecified atom stereocenters. The number of esters is 1. The predicted octanol–water partition coefficient (Wildman–Crippen LogP) is 3.10. The maximum absolute atomic E-state index is 13.0. The molecule has 0 saturated carbocycles. The Morgan fingerprint density at radius 1 is 1.18 bits per heavy atom. The summed E-state index contributed by atoms with van der Waals surface area (Å²) in [6, 6.07) is 5.64. The Morgan fingerprint density at radius 3 is 2.32 bits per heavy atom. The molecule has 1 aromatic rings. The summed E-state index contributed by atoms with van der Waals surface area (Å²) in [6.45, 7) is 9.00. The fourth-order valence-electron chi connectivity index (χ4n) is 3.14. The highest BCUT2D eigenvalue weighted by molar-refractivity contribution is 7.92. The van der Waals surface area contributed by atoms with Crippen LogP contribution in [0.3, 0.4) is 0 Å². The molecule has 2 rings (SSSR count). The minimum Gasteiger partial charge on any atom is -0.464 e. The zero-order valence-electron chi connectivity index (χ0n) is 17.1. The Kier molecular flexibility index (Phi) is 6.75. The van der Waals surface area contributed by atoms with Gasteiger partial charge in [0.1, 0.15) is 11.6 Å². The minimum absolute atomic E-state index is 0.0196.